The Kier molecular flexibility index (Phi) is 3.05. The maximum Gasteiger partial charge on any atom is 0.126 e. The van der Waals surface area contributed by atoms with Crippen LogP contribution < -0.4 is 4.74 Å². The zero-order valence-corrected chi connectivity index (χ0v) is 11.1. The maximum absolute atomic E-state index is 6.06. The van der Waals surface area contributed by atoms with Gasteiger partial charge in [-0.2, -0.15) is 10.2 Å². The maximum atomic E-state index is 6.06. The number of fused-ring (bicyclic) bond motifs is 1. The molecule has 0 bridgehead atoms. The molecule has 1 heterocycles. The Morgan fingerprint density at radius 1 is 1.05 bits per heavy atom. The smallest absolute Gasteiger partial charge is 0.126 e. The van der Waals surface area contributed by atoms with Crippen molar-refractivity contribution in [1.82, 2.24) is 10.2 Å². The van der Waals surface area contributed by atoms with Crippen molar-refractivity contribution in [3.05, 3.63) is 53.7 Å². The molecule has 0 aliphatic rings. The van der Waals surface area contributed by atoms with Crippen LogP contribution in [0.25, 0.3) is 22.0 Å². The van der Waals surface area contributed by atoms with Gasteiger partial charge in [0.2, 0.25) is 0 Å². The lowest BCUT2D eigenvalue weighted by Gasteiger charge is -2.09. The lowest BCUT2D eigenvalue weighted by atomic mass is 10.0. The van der Waals surface area contributed by atoms with Crippen LogP contribution in [0, 0.1) is 0 Å². The highest BCUT2D eigenvalue weighted by atomic mass is 35.5. The summed E-state index contributed by atoms with van der Waals surface area (Å²) in [7, 11) is 1.65. The number of ether oxygens (including phenoxy) is 1. The molecule has 0 fully saturated rings. The van der Waals surface area contributed by atoms with Crippen LogP contribution in [-0.4, -0.2) is 17.3 Å². The van der Waals surface area contributed by atoms with Crippen molar-refractivity contribution >= 4 is 22.5 Å². The van der Waals surface area contributed by atoms with Crippen LogP contribution in [0.3, 0.4) is 0 Å². The van der Waals surface area contributed by atoms with Gasteiger partial charge in [-0.25, -0.2) is 0 Å². The van der Waals surface area contributed by atoms with Gasteiger partial charge in [0.1, 0.15) is 5.75 Å². The first kappa shape index (κ1) is 11.9. The van der Waals surface area contributed by atoms with E-state index in [0.717, 1.165) is 27.8 Å². The normalized spacial score (nSPS) is 10.6. The third-order valence-corrected chi connectivity index (χ3v) is 3.22. The lowest BCUT2D eigenvalue weighted by molar-refractivity contribution is 0.416. The number of rotatable bonds is 2. The second kappa shape index (κ2) is 4.86. The summed E-state index contributed by atoms with van der Waals surface area (Å²) in [5.41, 5.74) is 2.80. The van der Waals surface area contributed by atoms with Crippen molar-refractivity contribution in [2.24, 2.45) is 0 Å². The molecule has 4 heteroatoms. The van der Waals surface area contributed by atoms with E-state index in [1.165, 1.54) is 0 Å². The number of benzene rings is 2. The molecule has 0 aliphatic carbocycles. The van der Waals surface area contributed by atoms with Gasteiger partial charge in [-0.15, -0.1) is 0 Å². The Balaban J connectivity index is 2.21. The largest absolute Gasteiger partial charge is 0.496 e. The average molecular weight is 271 g/mol. The van der Waals surface area contributed by atoms with E-state index in [-0.39, 0.29) is 0 Å². The molecule has 0 atom stereocenters. The molecule has 1 aromatic heterocycles. The Labute approximate surface area is 115 Å². The van der Waals surface area contributed by atoms with Gasteiger partial charge >= 0.3 is 0 Å². The van der Waals surface area contributed by atoms with E-state index in [1.807, 2.05) is 42.5 Å². The van der Waals surface area contributed by atoms with Gasteiger partial charge in [0.25, 0.3) is 0 Å². The van der Waals surface area contributed by atoms with E-state index in [1.54, 1.807) is 13.3 Å². The SMILES string of the molecule is COc1ccc(Cl)cc1-c1ccc2ccnnc2c1. The highest BCUT2D eigenvalue weighted by molar-refractivity contribution is 6.31. The fourth-order valence-electron chi connectivity index (χ4n) is 2.05. The summed E-state index contributed by atoms with van der Waals surface area (Å²) < 4.78 is 5.37. The van der Waals surface area contributed by atoms with E-state index in [2.05, 4.69) is 10.2 Å². The molecule has 0 spiro atoms. The molecule has 0 unspecified atom stereocenters. The van der Waals surface area contributed by atoms with E-state index in [4.69, 9.17) is 16.3 Å². The fourth-order valence-corrected chi connectivity index (χ4v) is 2.23. The van der Waals surface area contributed by atoms with Gasteiger partial charge in [-0.05, 0) is 35.9 Å². The first-order valence-corrected chi connectivity index (χ1v) is 6.21. The van der Waals surface area contributed by atoms with Crippen molar-refractivity contribution in [1.29, 1.82) is 0 Å². The van der Waals surface area contributed by atoms with E-state index in [0.29, 0.717) is 5.02 Å². The molecule has 3 nitrogen and oxygen atoms in total. The molecule has 3 aromatic rings. The van der Waals surface area contributed by atoms with Crippen LogP contribution in [0.1, 0.15) is 0 Å². The number of hydrogen-bond donors (Lipinski definition) is 0. The highest BCUT2D eigenvalue weighted by Gasteiger charge is 2.07. The number of aromatic nitrogens is 2. The summed E-state index contributed by atoms with van der Waals surface area (Å²) in [4.78, 5) is 0. The van der Waals surface area contributed by atoms with Gasteiger partial charge in [0.05, 0.1) is 18.8 Å². The Morgan fingerprint density at radius 3 is 2.79 bits per heavy atom. The summed E-state index contributed by atoms with van der Waals surface area (Å²) in [6, 6.07) is 13.5. The van der Waals surface area contributed by atoms with Crippen molar-refractivity contribution < 1.29 is 4.74 Å². The number of halogens is 1. The van der Waals surface area contributed by atoms with Crippen LogP contribution in [0.4, 0.5) is 0 Å². The molecule has 0 radical (unpaired) electrons. The zero-order valence-electron chi connectivity index (χ0n) is 10.3. The summed E-state index contributed by atoms with van der Waals surface area (Å²) in [6.45, 7) is 0. The fraction of sp³-hybridized carbons (Fsp3) is 0.0667. The summed E-state index contributed by atoms with van der Waals surface area (Å²) >= 11 is 6.06. The molecule has 94 valence electrons. The van der Waals surface area contributed by atoms with Crippen molar-refractivity contribution in [3.63, 3.8) is 0 Å². The zero-order chi connectivity index (χ0) is 13.2. The van der Waals surface area contributed by atoms with Crippen LogP contribution in [0.5, 0.6) is 5.75 Å². The van der Waals surface area contributed by atoms with Gasteiger partial charge < -0.3 is 4.74 Å². The molecule has 0 N–H and O–H groups in total. The monoisotopic (exact) mass is 270 g/mol. The molecule has 0 saturated heterocycles. The van der Waals surface area contributed by atoms with E-state index in [9.17, 15) is 0 Å². The Bertz CT molecular complexity index is 743. The minimum absolute atomic E-state index is 0.676. The molecule has 19 heavy (non-hydrogen) atoms. The summed E-state index contributed by atoms with van der Waals surface area (Å²) in [5, 5.41) is 9.75. The van der Waals surface area contributed by atoms with E-state index >= 15 is 0 Å². The standard InChI is InChI=1S/C15H11ClN2O/c1-19-15-5-4-12(16)9-13(15)11-3-2-10-6-7-17-18-14(10)8-11/h2-9H,1H3. The predicted molar refractivity (Wildman–Crippen MR) is 76.5 cm³/mol. The minimum atomic E-state index is 0.676. The van der Waals surface area contributed by atoms with Crippen LogP contribution in [0.15, 0.2) is 48.7 Å². The molecule has 2 aromatic carbocycles. The molecule has 3 rings (SSSR count). The number of nitrogens with zero attached hydrogens (tertiary/aromatic N) is 2. The Morgan fingerprint density at radius 2 is 1.95 bits per heavy atom. The first-order chi connectivity index (χ1) is 9.28. The highest BCUT2D eigenvalue weighted by Crippen LogP contribution is 2.33. The predicted octanol–water partition coefficient (Wildman–Crippen LogP) is 3.96. The van der Waals surface area contributed by atoms with Crippen molar-refractivity contribution in [3.8, 4) is 16.9 Å². The molecular formula is C15H11ClN2O. The van der Waals surface area contributed by atoms with Crippen molar-refractivity contribution in [2.45, 2.75) is 0 Å². The molecule has 0 aliphatic heterocycles. The van der Waals surface area contributed by atoms with Crippen LogP contribution in [0.2, 0.25) is 5.02 Å². The Hall–Kier alpha value is -2.13. The average Bonchev–Trinajstić information content (AvgIpc) is 2.46. The lowest BCUT2D eigenvalue weighted by Crippen LogP contribution is -1.89. The second-order valence-electron chi connectivity index (χ2n) is 4.15. The quantitative estimate of drug-likeness (QED) is 0.707. The van der Waals surface area contributed by atoms with Gasteiger partial charge in [-0.3, -0.25) is 0 Å². The molecule has 0 amide bonds. The van der Waals surface area contributed by atoms with Crippen LogP contribution in [-0.2, 0) is 0 Å². The minimum Gasteiger partial charge on any atom is -0.496 e. The van der Waals surface area contributed by atoms with E-state index < -0.39 is 0 Å². The molecular weight excluding hydrogens is 260 g/mol. The van der Waals surface area contributed by atoms with Gasteiger partial charge in [0, 0.05) is 16.0 Å². The van der Waals surface area contributed by atoms with Crippen molar-refractivity contribution in [2.75, 3.05) is 7.11 Å². The van der Waals surface area contributed by atoms with Gasteiger partial charge in [0.15, 0.2) is 0 Å². The number of methoxy groups -OCH3 is 1. The summed E-state index contributed by atoms with van der Waals surface area (Å²) in [6.07, 6.45) is 1.68. The second-order valence-corrected chi connectivity index (χ2v) is 4.59. The third kappa shape index (κ3) is 2.25. The first-order valence-electron chi connectivity index (χ1n) is 5.83. The molecule has 0 saturated carbocycles. The van der Waals surface area contributed by atoms with Gasteiger partial charge in [-0.1, -0.05) is 23.7 Å². The van der Waals surface area contributed by atoms with Crippen LogP contribution >= 0.6 is 11.6 Å². The topological polar surface area (TPSA) is 35.0 Å². The third-order valence-electron chi connectivity index (χ3n) is 2.99. The summed E-state index contributed by atoms with van der Waals surface area (Å²) in [5.74, 6) is 0.785. The number of hydrogen-bond acceptors (Lipinski definition) is 3.